The van der Waals surface area contributed by atoms with Gasteiger partial charge in [0.25, 0.3) is 15.9 Å². The molecule has 0 saturated carbocycles. The maximum Gasteiger partial charge on any atom is 0.285 e. The van der Waals surface area contributed by atoms with Gasteiger partial charge in [-0.3, -0.25) is 4.79 Å². The van der Waals surface area contributed by atoms with Gasteiger partial charge in [0.05, 0.1) is 12.7 Å². The van der Waals surface area contributed by atoms with Gasteiger partial charge in [0, 0.05) is 19.0 Å². The van der Waals surface area contributed by atoms with E-state index < -0.39 is 15.9 Å². The lowest BCUT2D eigenvalue weighted by Gasteiger charge is -2.07. The monoisotopic (exact) mass is 323 g/mol. The first-order chi connectivity index (χ1) is 10.5. The minimum Gasteiger partial charge on any atom is -0.476 e. The summed E-state index contributed by atoms with van der Waals surface area (Å²) in [7, 11) is -3.97. The molecule has 0 unspecified atom stereocenters. The average Bonchev–Trinajstić information content (AvgIpc) is 3.17. The Hall–Kier alpha value is -2.36. The third-order valence-electron chi connectivity index (χ3n) is 3.71. The zero-order valence-electron chi connectivity index (χ0n) is 11.5. The molecule has 0 radical (unpaired) electrons. The molecule has 1 N–H and O–H groups in total. The molecule has 1 amide bonds. The van der Waals surface area contributed by atoms with Crippen molar-refractivity contribution in [2.24, 2.45) is 0 Å². The SMILES string of the molecule is O=C(NS(=O)(=O)c1cnc2n1CCC2)c1cc2n(n1)CCO2. The summed E-state index contributed by atoms with van der Waals surface area (Å²) in [4.78, 5) is 16.2. The first-order valence-corrected chi connectivity index (χ1v) is 8.35. The molecular formula is C12H13N5O4S. The van der Waals surface area contributed by atoms with Crippen LogP contribution in [0.3, 0.4) is 0 Å². The third-order valence-corrected chi connectivity index (χ3v) is 5.05. The van der Waals surface area contributed by atoms with E-state index in [0.29, 0.717) is 25.6 Å². The molecule has 0 bridgehead atoms. The molecule has 2 aromatic rings. The van der Waals surface area contributed by atoms with Crippen LogP contribution in [0.2, 0.25) is 0 Å². The van der Waals surface area contributed by atoms with Crippen molar-refractivity contribution < 1.29 is 17.9 Å². The predicted molar refractivity (Wildman–Crippen MR) is 72.9 cm³/mol. The topological polar surface area (TPSA) is 108 Å². The van der Waals surface area contributed by atoms with Gasteiger partial charge in [-0.1, -0.05) is 0 Å². The molecule has 10 heteroatoms. The van der Waals surface area contributed by atoms with Crippen LogP contribution < -0.4 is 9.46 Å². The Morgan fingerprint density at radius 1 is 1.36 bits per heavy atom. The highest BCUT2D eigenvalue weighted by atomic mass is 32.2. The molecule has 0 aliphatic carbocycles. The zero-order chi connectivity index (χ0) is 15.3. The van der Waals surface area contributed by atoms with Gasteiger partial charge >= 0.3 is 0 Å². The number of imidazole rings is 1. The maximum atomic E-state index is 12.4. The van der Waals surface area contributed by atoms with Crippen molar-refractivity contribution >= 4 is 15.9 Å². The van der Waals surface area contributed by atoms with Crippen LogP contribution in [0.25, 0.3) is 0 Å². The standard InChI is InChI=1S/C12H13N5O4S/c18-12(8-6-10-17(14-8)4-5-21-10)15-22(19,20)11-7-13-9-2-1-3-16(9)11/h6-7H,1-5H2,(H,15,18). The van der Waals surface area contributed by atoms with Crippen LogP contribution in [0.4, 0.5) is 0 Å². The number of nitrogens with zero attached hydrogens (tertiary/aromatic N) is 4. The van der Waals surface area contributed by atoms with Gasteiger partial charge in [-0.2, -0.15) is 13.5 Å². The number of hydrogen-bond acceptors (Lipinski definition) is 6. The number of carbonyl (C=O) groups excluding carboxylic acids is 1. The summed E-state index contributed by atoms with van der Waals surface area (Å²) >= 11 is 0. The van der Waals surface area contributed by atoms with Crippen LogP contribution in [-0.4, -0.2) is 40.3 Å². The molecule has 22 heavy (non-hydrogen) atoms. The molecule has 0 aromatic carbocycles. The maximum absolute atomic E-state index is 12.4. The molecule has 4 rings (SSSR count). The number of hydrogen-bond donors (Lipinski definition) is 1. The number of aryl methyl sites for hydroxylation is 1. The summed E-state index contributed by atoms with van der Waals surface area (Å²) in [5.41, 5.74) is 0.0134. The van der Waals surface area contributed by atoms with E-state index in [4.69, 9.17) is 4.74 Å². The minimum atomic E-state index is -3.97. The summed E-state index contributed by atoms with van der Waals surface area (Å²) < 4.78 is 35.1. The summed E-state index contributed by atoms with van der Waals surface area (Å²) in [6.45, 7) is 1.64. The van der Waals surface area contributed by atoms with Crippen molar-refractivity contribution in [3.8, 4) is 5.88 Å². The van der Waals surface area contributed by atoms with E-state index in [0.717, 1.165) is 18.7 Å². The van der Waals surface area contributed by atoms with Gasteiger partial charge in [-0.25, -0.2) is 14.4 Å². The number of fused-ring (bicyclic) bond motifs is 2. The van der Waals surface area contributed by atoms with Crippen LogP contribution in [0.1, 0.15) is 22.7 Å². The van der Waals surface area contributed by atoms with E-state index in [1.165, 1.54) is 16.9 Å². The third kappa shape index (κ3) is 1.98. The summed E-state index contributed by atoms with van der Waals surface area (Å²) in [5.74, 6) is 0.411. The van der Waals surface area contributed by atoms with Crippen LogP contribution >= 0.6 is 0 Å². The number of aromatic nitrogens is 4. The number of sulfonamides is 1. The van der Waals surface area contributed by atoms with Crippen molar-refractivity contribution in [3.05, 3.63) is 23.8 Å². The van der Waals surface area contributed by atoms with E-state index in [1.807, 2.05) is 4.72 Å². The van der Waals surface area contributed by atoms with Gasteiger partial charge in [0.15, 0.2) is 10.7 Å². The highest BCUT2D eigenvalue weighted by molar-refractivity contribution is 7.90. The lowest BCUT2D eigenvalue weighted by atomic mass is 10.4. The molecule has 116 valence electrons. The largest absolute Gasteiger partial charge is 0.476 e. The molecule has 9 nitrogen and oxygen atoms in total. The number of ether oxygens (including phenoxy) is 1. The Balaban J connectivity index is 1.60. The first kappa shape index (κ1) is 13.3. The first-order valence-electron chi connectivity index (χ1n) is 6.87. The second kappa shape index (κ2) is 4.57. The van der Waals surface area contributed by atoms with Gasteiger partial charge in [0.2, 0.25) is 5.88 Å². The van der Waals surface area contributed by atoms with Crippen molar-refractivity contribution in [1.29, 1.82) is 0 Å². The Morgan fingerprint density at radius 3 is 3.05 bits per heavy atom. The second-order valence-electron chi connectivity index (χ2n) is 5.14. The highest BCUT2D eigenvalue weighted by Crippen LogP contribution is 2.21. The Labute approximate surface area is 125 Å². The number of amides is 1. The predicted octanol–water partition coefficient (Wildman–Crippen LogP) is -0.463. The summed E-state index contributed by atoms with van der Waals surface area (Å²) in [6.07, 6.45) is 2.87. The van der Waals surface area contributed by atoms with Crippen molar-refractivity contribution in [2.45, 2.75) is 31.0 Å². The van der Waals surface area contributed by atoms with E-state index >= 15 is 0 Å². The van der Waals surface area contributed by atoms with Crippen molar-refractivity contribution in [2.75, 3.05) is 6.61 Å². The summed E-state index contributed by atoms with van der Waals surface area (Å²) in [6, 6.07) is 1.43. The normalized spacial score (nSPS) is 16.2. The summed E-state index contributed by atoms with van der Waals surface area (Å²) in [5, 5.41) is 4.03. The van der Waals surface area contributed by atoms with E-state index in [2.05, 4.69) is 10.1 Å². The molecular weight excluding hydrogens is 310 g/mol. The number of nitrogens with one attached hydrogen (secondary N) is 1. The quantitative estimate of drug-likeness (QED) is 0.818. The number of rotatable bonds is 3. The molecule has 4 heterocycles. The van der Waals surface area contributed by atoms with Crippen LogP contribution in [0.5, 0.6) is 5.88 Å². The molecule has 2 aliphatic rings. The van der Waals surface area contributed by atoms with E-state index in [9.17, 15) is 13.2 Å². The molecule has 2 aliphatic heterocycles. The molecule has 2 aromatic heterocycles. The fraction of sp³-hybridized carbons (Fsp3) is 0.417. The van der Waals surface area contributed by atoms with Crippen LogP contribution in [-0.2, 0) is 29.5 Å². The van der Waals surface area contributed by atoms with E-state index in [-0.39, 0.29) is 10.7 Å². The molecule has 0 atom stereocenters. The Morgan fingerprint density at radius 2 is 2.23 bits per heavy atom. The van der Waals surface area contributed by atoms with Gasteiger partial charge in [0.1, 0.15) is 12.4 Å². The Bertz CT molecular complexity index is 845. The van der Waals surface area contributed by atoms with Crippen LogP contribution in [0, 0.1) is 0 Å². The fourth-order valence-corrected chi connectivity index (χ4v) is 3.83. The zero-order valence-corrected chi connectivity index (χ0v) is 12.3. The fourth-order valence-electron chi connectivity index (χ4n) is 2.70. The second-order valence-corrected chi connectivity index (χ2v) is 6.77. The van der Waals surface area contributed by atoms with Gasteiger partial charge in [-0.15, -0.1) is 0 Å². The molecule has 0 saturated heterocycles. The smallest absolute Gasteiger partial charge is 0.285 e. The average molecular weight is 323 g/mol. The van der Waals surface area contributed by atoms with Crippen molar-refractivity contribution in [1.82, 2.24) is 24.1 Å². The van der Waals surface area contributed by atoms with Gasteiger partial charge in [-0.05, 0) is 6.42 Å². The van der Waals surface area contributed by atoms with E-state index in [1.54, 1.807) is 4.57 Å². The lowest BCUT2D eigenvalue weighted by Crippen LogP contribution is -2.32. The highest BCUT2D eigenvalue weighted by Gasteiger charge is 2.28. The minimum absolute atomic E-state index is 0.0105. The number of carbonyl (C=O) groups is 1. The molecule has 0 fully saturated rings. The lowest BCUT2D eigenvalue weighted by molar-refractivity contribution is 0.0975. The van der Waals surface area contributed by atoms with Gasteiger partial charge < -0.3 is 9.30 Å². The molecule has 0 spiro atoms. The Kier molecular flexibility index (Phi) is 2.76. The van der Waals surface area contributed by atoms with Crippen LogP contribution in [0.15, 0.2) is 17.3 Å². The van der Waals surface area contributed by atoms with Crippen molar-refractivity contribution in [3.63, 3.8) is 0 Å².